The van der Waals surface area contributed by atoms with E-state index < -0.39 is 11.4 Å². The molecule has 2 fully saturated rings. The van der Waals surface area contributed by atoms with E-state index >= 15 is 0 Å². The minimum atomic E-state index is -0.951. The van der Waals surface area contributed by atoms with Crippen molar-refractivity contribution < 1.29 is 24.2 Å². The first-order chi connectivity index (χ1) is 10.6. The smallest absolute Gasteiger partial charge is 0.314 e. The number of amides is 1. The predicted molar refractivity (Wildman–Crippen MR) is 77.9 cm³/mol. The molecule has 2 heterocycles. The average molecular weight is 305 g/mol. The molecule has 0 radical (unpaired) electrons. The summed E-state index contributed by atoms with van der Waals surface area (Å²) in [5.74, 6) is -0.530. The van der Waals surface area contributed by atoms with Crippen LogP contribution in [0.3, 0.4) is 0 Å². The Morgan fingerprint density at radius 3 is 3.00 bits per heavy atom. The largest absolute Gasteiger partial charge is 0.494 e. The summed E-state index contributed by atoms with van der Waals surface area (Å²) in [6.07, 6.45) is 0. The molecule has 1 N–H and O–H groups in total. The number of hydrogen-bond acceptors (Lipinski definition) is 4. The van der Waals surface area contributed by atoms with Crippen LogP contribution in [0.2, 0.25) is 0 Å². The predicted octanol–water partition coefficient (Wildman–Crippen LogP) is 1.26. The van der Waals surface area contributed by atoms with E-state index in [1.54, 1.807) is 29.2 Å². The molecule has 2 aliphatic rings. The fourth-order valence-electron chi connectivity index (χ4n) is 3.26. The number of hydrogen-bond donors (Lipinski definition) is 1. The number of benzene rings is 1. The second-order valence-electron chi connectivity index (χ2n) is 5.82. The van der Waals surface area contributed by atoms with Gasteiger partial charge in [-0.15, -0.1) is 0 Å². The van der Waals surface area contributed by atoms with Gasteiger partial charge in [-0.1, -0.05) is 6.07 Å². The van der Waals surface area contributed by atoms with Crippen molar-refractivity contribution in [1.82, 2.24) is 4.90 Å². The van der Waals surface area contributed by atoms with Crippen molar-refractivity contribution >= 4 is 11.9 Å². The van der Waals surface area contributed by atoms with Gasteiger partial charge >= 0.3 is 5.97 Å². The number of rotatable bonds is 4. The minimum absolute atomic E-state index is 0.135. The summed E-state index contributed by atoms with van der Waals surface area (Å²) in [4.78, 5) is 25.9. The highest BCUT2D eigenvalue weighted by Crippen LogP contribution is 2.42. The number of likely N-dealkylation sites (tertiary alicyclic amines) is 1. The highest BCUT2D eigenvalue weighted by molar-refractivity contribution is 5.95. The van der Waals surface area contributed by atoms with Crippen LogP contribution in [0.25, 0.3) is 0 Å². The SMILES string of the molecule is CCOc1cccc(C(=O)N2C[C@@H]3COC[C@]3(C(=O)O)C2)c1. The standard InChI is InChI=1S/C16H19NO5/c1-2-22-13-5-3-4-11(6-13)14(18)17-7-12-8-21-10-16(12,9-17)15(19)20/h3-6,12H,2,7-10H2,1H3,(H,19,20)/t12-,16-/m1/s1. The minimum Gasteiger partial charge on any atom is -0.494 e. The molecule has 1 aromatic rings. The van der Waals surface area contributed by atoms with Gasteiger partial charge in [0.15, 0.2) is 0 Å². The van der Waals surface area contributed by atoms with Gasteiger partial charge in [-0.25, -0.2) is 0 Å². The second kappa shape index (κ2) is 5.61. The van der Waals surface area contributed by atoms with E-state index in [0.717, 1.165) is 0 Å². The zero-order valence-corrected chi connectivity index (χ0v) is 12.4. The molecular weight excluding hydrogens is 286 g/mol. The molecule has 22 heavy (non-hydrogen) atoms. The van der Waals surface area contributed by atoms with Crippen LogP contribution < -0.4 is 4.74 Å². The summed E-state index contributed by atoms with van der Waals surface area (Å²) in [7, 11) is 0. The van der Waals surface area contributed by atoms with Crippen LogP contribution in [-0.2, 0) is 9.53 Å². The van der Waals surface area contributed by atoms with Crippen LogP contribution >= 0.6 is 0 Å². The fraction of sp³-hybridized carbons (Fsp3) is 0.500. The van der Waals surface area contributed by atoms with Gasteiger partial charge in [0.05, 0.1) is 19.8 Å². The second-order valence-corrected chi connectivity index (χ2v) is 5.82. The van der Waals surface area contributed by atoms with Crippen molar-refractivity contribution in [1.29, 1.82) is 0 Å². The molecule has 1 aromatic carbocycles. The summed E-state index contributed by atoms with van der Waals surface area (Å²) >= 11 is 0. The first-order valence-corrected chi connectivity index (χ1v) is 7.40. The topological polar surface area (TPSA) is 76.1 Å². The van der Waals surface area contributed by atoms with Crippen molar-refractivity contribution in [2.45, 2.75) is 6.92 Å². The van der Waals surface area contributed by atoms with E-state index in [0.29, 0.717) is 31.1 Å². The van der Waals surface area contributed by atoms with E-state index in [2.05, 4.69) is 0 Å². The molecule has 0 spiro atoms. The molecule has 1 amide bonds. The number of ether oxygens (including phenoxy) is 2. The first kappa shape index (κ1) is 14.8. The van der Waals surface area contributed by atoms with Crippen molar-refractivity contribution in [3.63, 3.8) is 0 Å². The third kappa shape index (κ3) is 2.33. The summed E-state index contributed by atoms with van der Waals surface area (Å²) in [5, 5.41) is 9.52. The maximum Gasteiger partial charge on any atom is 0.314 e. The lowest BCUT2D eigenvalue weighted by atomic mass is 9.81. The van der Waals surface area contributed by atoms with Crippen LogP contribution in [0.4, 0.5) is 0 Å². The van der Waals surface area contributed by atoms with E-state index in [1.807, 2.05) is 6.92 Å². The van der Waals surface area contributed by atoms with Crippen molar-refractivity contribution in [3.8, 4) is 5.75 Å². The molecule has 6 nitrogen and oxygen atoms in total. The van der Waals surface area contributed by atoms with E-state index in [1.165, 1.54) is 0 Å². The molecule has 2 aliphatic heterocycles. The number of carboxylic acid groups (broad SMARTS) is 1. The third-order valence-corrected chi connectivity index (χ3v) is 4.48. The molecule has 0 unspecified atom stereocenters. The van der Waals surface area contributed by atoms with E-state index in [-0.39, 0.29) is 25.0 Å². The number of nitrogens with zero attached hydrogens (tertiary/aromatic N) is 1. The van der Waals surface area contributed by atoms with Gasteiger partial charge in [0.25, 0.3) is 5.91 Å². The third-order valence-electron chi connectivity index (χ3n) is 4.48. The Morgan fingerprint density at radius 1 is 1.50 bits per heavy atom. The van der Waals surface area contributed by atoms with Crippen molar-refractivity contribution in [3.05, 3.63) is 29.8 Å². The summed E-state index contributed by atoms with van der Waals surface area (Å²) in [6.45, 7) is 3.61. The van der Waals surface area contributed by atoms with Gasteiger partial charge in [-0.3, -0.25) is 9.59 Å². The average Bonchev–Trinajstić information content (AvgIpc) is 3.05. The highest BCUT2D eigenvalue weighted by atomic mass is 16.5. The van der Waals surface area contributed by atoms with Gasteiger partial charge in [0.1, 0.15) is 11.2 Å². The summed E-state index contributed by atoms with van der Waals surface area (Å²) < 4.78 is 10.7. The van der Waals surface area contributed by atoms with Gasteiger partial charge in [-0.2, -0.15) is 0 Å². The monoisotopic (exact) mass is 305 g/mol. The lowest BCUT2D eigenvalue weighted by Crippen LogP contribution is -2.40. The van der Waals surface area contributed by atoms with Gasteiger partial charge in [0, 0.05) is 24.6 Å². The van der Waals surface area contributed by atoms with Crippen LogP contribution in [0.1, 0.15) is 17.3 Å². The molecule has 3 rings (SSSR count). The summed E-state index contributed by atoms with van der Waals surface area (Å²) in [5.41, 5.74) is -0.430. The Labute approximate surface area is 128 Å². The summed E-state index contributed by atoms with van der Waals surface area (Å²) in [6, 6.07) is 6.99. The van der Waals surface area contributed by atoms with E-state index in [9.17, 15) is 14.7 Å². The van der Waals surface area contributed by atoms with Gasteiger partial charge in [0.2, 0.25) is 0 Å². The molecule has 0 aromatic heterocycles. The molecular formula is C16H19NO5. The first-order valence-electron chi connectivity index (χ1n) is 7.40. The zero-order valence-electron chi connectivity index (χ0n) is 12.4. The van der Waals surface area contributed by atoms with Crippen LogP contribution in [0.5, 0.6) is 5.75 Å². The van der Waals surface area contributed by atoms with Crippen LogP contribution in [-0.4, -0.2) is 54.8 Å². The van der Waals surface area contributed by atoms with Crippen molar-refractivity contribution in [2.24, 2.45) is 11.3 Å². The molecule has 2 saturated heterocycles. The Bertz CT molecular complexity index is 602. The number of carboxylic acids is 1. The van der Waals surface area contributed by atoms with E-state index in [4.69, 9.17) is 9.47 Å². The maximum atomic E-state index is 12.6. The zero-order chi connectivity index (χ0) is 15.7. The van der Waals surface area contributed by atoms with Gasteiger partial charge < -0.3 is 19.5 Å². The lowest BCUT2D eigenvalue weighted by molar-refractivity contribution is -0.149. The van der Waals surface area contributed by atoms with Crippen molar-refractivity contribution in [2.75, 3.05) is 32.9 Å². The number of fused-ring (bicyclic) bond motifs is 1. The Balaban J connectivity index is 1.79. The molecule has 2 atom stereocenters. The lowest BCUT2D eigenvalue weighted by Gasteiger charge is -2.22. The number of carbonyl (C=O) groups excluding carboxylic acids is 1. The molecule has 0 aliphatic carbocycles. The number of aliphatic carboxylic acids is 1. The highest BCUT2D eigenvalue weighted by Gasteiger charge is 2.57. The molecule has 0 saturated carbocycles. The van der Waals surface area contributed by atoms with Crippen LogP contribution in [0.15, 0.2) is 24.3 Å². The van der Waals surface area contributed by atoms with Gasteiger partial charge in [-0.05, 0) is 25.1 Å². The maximum absolute atomic E-state index is 12.6. The quantitative estimate of drug-likeness (QED) is 0.906. The normalized spacial score (nSPS) is 26.8. The molecule has 118 valence electrons. The Morgan fingerprint density at radius 2 is 2.32 bits per heavy atom. The van der Waals surface area contributed by atoms with Crippen LogP contribution in [0, 0.1) is 11.3 Å². The Hall–Kier alpha value is -2.08. The fourth-order valence-corrected chi connectivity index (χ4v) is 3.26. The number of carbonyl (C=O) groups is 2. The molecule has 0 bridgehead atoms. The Kier molecular flexibility index (Phi) is 3.78. The molecule has 6 heteroatoms.